The first-order chi connectivity index (χ1) is 11.0. The molecule has 0 aliphatic carbocycles. The molecule has 7 heteroatoms. The summed E-state index contributed by atoms with van der Waals surface area (Å²) in [6.07, 6.45) is 0.868. The molecular weight excluding hydrogens is 298 g/mol. The van der Waals surface area contributed by atoms with Crippen LogP contribution in [0.2, 0.25) is 0 Å². The number of hydrogen-bond donors (Lipinski definition) is 2. The van der Waals surface area contributed by atoms with Crippen LogP contribution in [0.1, 0.15) is 12.5 Å². The van der Waals surface area contributed by atoms with Gasteiger partial charge in [-0.15, -0.1) is 0 Å². The van der Waals surface area contributed by atoms with Crippen molar-refractivity contribution < 1.29 is 14.5 Å². The molecule has 0 saturated carbocycles. The van der Waals surface area contributed by atoms with Crippen molar-refractivity contribution in [1.29, 1.82) is 0 Å². The predicted octanol–water partition coefficient (Wildman–Crippen LogP) is 3.81. The number of nitrogens with zero attached hydrogens (tertiary/aromatic N) is 1. The van der Waals surface area contributed by atoms with E-state index in [2.05, 4.69) is 10.6 Å². The average molecular weight is 315 g/mol. The van der Waals surface area contributed by atoms with Crippen molar-refractivity contribution in [1.82, 2.24) is 0 Å². The number of benzene rings is 2. The topological polar surface area (TPSA) is 93.5 Å². The Morgan fingerprint density at radius 3 is 2.65 bits per heavy atom. The van der Waals surface area contributed by atoms with E-state index < -0.39 is 11.0 Å². The van der Waals surface area contributed by atoms with Crippen LogP contribution in [0.4, 0.5) is 21.9 Å². The normalized spacial score (nSPS) is 10.0. The van der Waals surface area contributed by atoms with Crippen LogP contribution in [0.15, 0.2) is 42.5 Å². The van der Waals surface area contributed by atoms with Crippen LogP contribution in [-0.2, 0) is 6.42 Å². The standard InChI is InChI=1S/C16H17N3O4/c1-3-11-5-4-6-12(9-11)17-16(20)18-14-8-7-13(19(21)22)10-15(14)23-2/h4-10H,3H2,1-2H3,(H2,17,18,20). The van der Waals surface area contributed by atoms with Crippen LogP contribution in [0, 0.1) is 10.1 Å². The van der Waals surface area contributed by atoms with E-state index in [0.717, 1.165) is 12.0 Å². The van der Waals surface area contributed by atoms with Gasteiger partial charge in [0.05, 0.1) is 23.8 Å². The Labute approximate surface area is 133 Å². The number of rotatable bonds is 5. The lowest BCUT2D eigenvalue weighted by atomic mass is 10.1. The van der Waals surface area contributed by atoms with Crippen LogP contribution in [0.25, 0.3) is 0 Å². The highest BCUT2D eigenvalue weighted by Crippen LogP contribution is 2.29. The van der Waals surface area contributed by atoms with Crippen LogP contribution in [0.3, 0.4) is 0 Å². The second-order valence-corrected chi connectivity index (χ2v) is 4.77. The maximum absolute atomic E-state index is 12.1. The highest BCUT2D eigenvalue weighted by Gasteiger charge is 2.13. The molecule has 0 spiro atoms. The van der Waals surface area contributed by atoms with Gasteiger partial charge in [-0.2, -0.15) is 0 Å². The molecule has 0 aliphatic heterocycles. The third-order valence-corrected chi connectivity index (χ3v) is 3.24. The number of ether oxygens (including phenoxy) is 1. The average Bonchev–Trinajstić information content (AvgIpc) is 2.55. The second kappa shape index (κ2) is 7.26. The van der Waals surface area contributed by atoms with Gasteiger partial charge in [-0.25, -0.2) is 4.79 Å². The van der Waals surface area contributed by atoms with Crippen LogP contribution in [0.5, 0.6) is 5.75 Å². The summed E-state index contributed by atoms with van der Waals surface area (Å²) in [7, 11) is 1.38. The molecule has 7 nitrogen and oxygen atoms in total. The Morgan fingerprint density at radius 1 is 1.22 bits per heavy atom. The minimum atomic E-state index is -0.525. The van der Waals surface area contributed by atoms with Crippen molar-refractivity contribution in [2.24, 2.45) is 0 Å². The maximum atomic E-state index is 12.1. The SMILES string of the molecule is CCc1cccc(NC(=O)Nc2ccc([N+](=O)[O-])cc2OC)c1. The summed E-state index contributed by atoms with van der Waals surface area (Å²) in [6, 6.07) is 11.0. The lowest BCUT2D eigenvalue weighted by Crippen LogP contribution is -2.19. The van der Waals surface area contributed by atoms with Crippen molar-refractivity contribution in [3.63, 3.8) is 0 Å². The number of methoxy groups -OCH3 is 1. The first-order valence-corrected chi connectivity index (χ1v) is 7.03. The first kappa shape index (κ1) is 16.3. The Balaban J connectivity index is 2.11. The molecule has 2 aromatic carbocycles. The van der Waals surface area contributed by atoms with Gasteiger partial charge in [0.15, 0.2) is 0 Å². The van der Waals surface area contributed by atoms with Crippen molar-refractivity contribution >= 4 is 23.1 Å². The van der Waals surface area contributed by atoms with E-state index in [1.807, 2.05) is 25.1 Å². The number of hydrogen-bond acceptors (Lipinski definition) is 4. The third kappa shape index (κ3) is 4.19. The number of non-ortho nitro benzene ring substituents is 1. The molecule has 2 rings (SSSR count). The van der Waals surface area contributed by atoms with E-state index in [-0.39, 0.29) is 11.4 Å². The molecular formula is C16H17N3O4. The molecule has 0 heterocycles. The van der Waals surface area contributed by atoms with Crippen LogP contribution >= 0.6 is 0 Å². The number of carbonyl (C=O) groups is 1. The molecule has 120 valence electrons. The monoisotopic (exact) mass is 315 g/mol. The fourth-order valence-electron chi connectivity index (χ4n) is 2.05. The summed E-state index contributed by atoms with van der Waals surface area (Å²) >= 11 is 0. The van der Waals surface area contributed by atoms with E-state index in [1.165, 1.54) is 25.3 Å². The summed E-state index contributed by atoms with van der Waals surface area (Å²) in [4.78, 5) is 22.3. The lowest BCUT2D eigenvalue weighted by Gasteiger charge is -2.11. The van der Waals surface area contributed by atoms with Gasteiger partial charge in [0.25, 0.3) is 5.69 Å². The Morgan fingerprint density at radius 2 is 2.00 bits per heavy atom. The molecule has 23 heavy (non-hydrogen) atoms. The highest BCUT2D eigenvalue weighted by atomic mass is 16.6. The van der Waals surface area contributed by atoms with Gasteiger partial charge < -0.3 is 15.4 Å². The van der Waals surface area contributed by atoms with Gasteiger partial charge in [-0.3, -0.25) is 10.1 Å². The minimum absolute atomic E-state index is 0.108. The summed E-state index contributed by atoms with van der Waals surface area (Å²) in [5.74, 6) is 0.219. The Hall–Kier alpha value is -3.09. The molecule has 0 radical (unpaired) electrons. The van der Waals surface area contributed by atoms with E-state index in [9.17, 15) is 14.9 Å². The van der Waals surface area contributed by atoms with Crippen molar-refractivity contribution in [3.05, 3.63) is 58.1 Å². The number of anilines is 2. The maximum Gasteiger partial charge on any atom is 0.323 e. The van der Waals surface area contributed by atoms with E-state index >= 15 is 0 Å². The number of amides is 2. The Kier molecular flexibility index (Phi) is 5.14. The molecule has 0 atom stereocenters. The molecule has 2 aromatic rings. The number of carbonyl (C=O) groups excluding carboxylic acids is 1. The van der Waals surface area contributed by atoms with Crippen molar-refractivity contribution in [2.45, 2.75) is 13.3 Å². The molecule has 0 aliphatic rings. The van der Waals surface area contributed by atoms with Gasteiger partial charge in [0.1, 0.15) is 5.75 Å². The van der Waals surface area contributed by atoms with Gasteiger partial charge in [-0.1, -0.05) is 19.1 Å². The minimum Gasteiger partial charge on any atom is -0.494 e. The highest BCUT2D eigenvalue weighted by molar-refractivity contribution is 6.00. The molecule has 0 fully saturated rings. The molecule has 0 bridgehead atoms. The summed E-state index contributed by atoms with van der Waals surface area (Å²) in [6.45, 7) is 2.03. The summed E-state index contributed by atoms with van der Waals surface area (Å²) in [5.41, 5.74) is 2.02. The zero-order chi connectivity index (χ0) is 16.8. The molecule has 0 aromatic heterocycles. The lowest BCUT2D eigenvalue weighted by molar-refractivity contribution is -0.384. The van der Waals surface area contributed by atoms with Crippen molar-refractivity contribution in [3.8, 4) is 5.75 Å². The molecule has 0 unspecified atom stereocenters. The van der Waals surface area contributed by atoms with Gasteiger partial charge in [0.2, 0.25) is 0 Å². The Bertz CT molecular complexity index is 731. The summed E-state index contributed by atoms with van der Waals surface area (Å²) in [5, 5.41) is 16.1. The van der Waals surface area contributed by atoms with Gasteiger partial charge >= 0.3 is 6.03 Å². The third-order valence-electron chi connectivity index (χ3n) is 3.24. The largest absolute Gasteiger partial charge is 0.494 e. The predicted molar refractivity (Wildman–Crippen MR) is 88.1 cm³/mol. The van der Waals surface area contributed by atoms with Gasteiger partial charge in [-0.05, 0) is 30.2 Å². The van der Waals surface area contributed by atoms with E-state index in [4.69, 9.17) is 4.74 Å². The number of nitrogens with one attached hydrogen (secondary N) is 2. The second-order valence-electron chi connectivity index (χ2n) is 4.77. The summed E-state index contributed by atoms with van der Waals surface area (Å²) < 4.78 is 5.08. The van der Waals surface area contributed by atoms with E-state index in [1.54, 1.807) is 6.07 Å². The number of aryl methyl sites for hydroxylation is 1. The molecule has 2 N–H and O–H groups in total. The quantitative estimate of drug-likeness (QED) is 0.648. The first-order valence-electron chi connectivity index (χ1n) is 7.03. The van der Waals surface area contributed by atoms with Gasteiger partial charge in [0, 0.05) is 11.8 Å². The van der Waals surface area contributed by atoms with Crippen LogP contribution < -0.4 is 15.4 Å². The number of nitro benzene ring substituents is 1. The molecule has 0 saturated heterocycles. The zero-order valence-corrected chi connectivity index (χ0v) is 12.8. The van der Waals surface area contributed by atoms with Crippen molar-refractivity contribution in [2.75, 3.05) is 17.7 Å². The molecule has 2 amide bonds. The number of urea groups is 1. The zero-order valence-electron chi connectivity index (χ0n) is 12.8. The van der Waals surface area contributed by atoms with E-state index in [0.29, 0.717) is 11.4 Å². The number of nitro groups is 1. The smallest absolute Gasteiger partial charge is 0.323 e. The van der Waals surface area contributed by atoms with Crippen LogP contribution in [-0.4, -0.2) is 18.1 Å². The fraction of sp³-hybridized carbons (Fsp3) is 0.188. The fourth-order valence-corrected chi connectivity index (χ4v) is 2.05.